The lowest BCUT2D eigenvalue weighted by atomic mass is 10.2. The van der Waals surface area contributed by atoms with Crippen molar-refractivity contribution in [3.8, 4) is 6.07 Å². The fraction of sp³-hybridized carbons (Fsp3) is 0. The van der Waals surface area contributed by atoms with Gasteiger partial charge < -0.3 is 5.11 Å². The molecule has 0 aliphatic rings. The Morgan fingerprint density at radius 3 is 2.92 bits per heavy atom. The highest BCUT2D eigenvalue weighted by molar-refractivity contribution is 9.10. The number of pyridine rings is 1. The van der Waals surface area contributed by atoms with Gasteiger partial charge >= 0.3 is 5.97 Å². The van der Waals surface area contributed by atoms with Crippen molar-refractivity contribution in [2.24, 2.45) is 0 Å². The summed E-state index contributed by atoms with van der Waals surface area (Å²) in [6.07, 6.45) is 1.28. The third-order valence-electron chi connectivity index (χ3n) is 1.21. The van der Waals surface area contributed by atoms with Crippen LogP contribution < -0.4 is 0 Å². The van der Waals surface area contributed by atoms with Crippen LogP contribution in [0.25, 0.3) is 0 Å². The van der Waals surface area contributed by atoms with Crippen molar-refractivity contribution in [2.45, 2.75) is 0 Å². The molecule has 4 nitrogen and oxygen atoms in total. The second kappa shape index (κ2) is 3.32. The molecule has 0 unspecified atom stereocenters. The van der Waals surface area contributed by atoms with Gasteiger partial charge in [0.05, 0.1) is 10.0 Å². The number of carboxylic acids is 1. The van der Waals surface area contributed by atoms with Crippen LogP contribution in [0.5, 0.6) is 0 Å². The SMILES string of the molecule is N#Cc1ccnc(C(=O)O)c1Br. The predicted octanol–water partition coefficient (Wildman–Crippen LogP) is 1.41. The molecule has 60 valence electrons. The summed E-state index contributed by atoms with van der Waals surface area (Å²) in [5, 5.41) is 17.1. The van der Waals surface area contributed by atoms with Gasteiger partial charge in [-0.1, -0.05) is 0 Å². The minimum Gasteiger partial charge on any atom is -0.476 e. The molecule has 0 fully saturated rings. The molecule has 0 aliphatic carbocycles. The number of aromatic carboxylic acids is 1. The molecule has 1 N–H and O–H groups in total. The fourth-order valence-electron chi connectivity index (χ4n) is 0.679. The van der Waals surface area contributed by atoms with Crippen molar-refractivity contribution < 1.29 is 9.90 Å². The smallest absolute Gasteiger partial charge is 0.355 e. The summed E-state index contributed by atoms with van der Waals surface area (Å²) in [5.41, 5.74) is 0.122. The average Bonchev–Trinajstić information content (AvgIpc) is 2.04. The van der Waals surface area contributed by atoms with E-state index in [1.165, 1.54) is 12.3 Å². The number of carboxylic acid groups (broad SMARTS) is 1. The highest BCUT2D eigenvalue weighted by Crippen LogP contribution is 2.18. The van der Waals surface area contributed by atoms with Crippen LogP contribution in [-0.4, -0.2) is 16.1 Å². The first-order valence-electron chi connectivity index (χ1n) is 2.94. The van der Waals surface area contributed by atoms with Crippen molar-refractivity contribution >= 4 is 21.9 Å². The molecule has 0 spiro atoms. The maximum atomic E-state index is 10.5. The third kappa shape index (κ3) is 1.43. The first-order chi connectivity index (χ1) is 5.66. The van der Waals surface area contributed by atoms with Crippen molar-refractivity contribution in [2.75, 3.05) is 0 Å². The Kier molecular flexibility index (Phi) is 2.41. The summed E-state index contributed by atoms with van der Waals surface area (Å²) in [5.74, 6) is -1.15. The Hall–Kier alpha value is -1.41. The molecule has 0 saturated carbocycles. The Labute approximate surface area is 76.6 Å². The van der Waals surface area contributed by atoms with Crippen LogP contribution in [0.4, 0.5) is 0 Å². The van der Waals surface area contributed by atoms with E-state index in [4.69, 9.17) is 10.4 Å². The van der Waals surface area contributed by atoms with Crippen LogP contribution in [0, 0.1) is 11.3 Å². The van der Waals surface area contributed by atoms with Crippen molar-refractivity contribution in [1.29, 1.82) is 5.26 Å². The monoisotopic (exact) mass is 226 g/mol. The first kappa shape index (κ1) is 8.68. The normalized spacial score (nSPS) is 9.00. The quantitative estimate of drug-likeness (QED) is 0.786. The van der Waals surface area contributed by atoms with Gasteiger partial charge in [0.15, 0.2) is 5.69 Å². The van der Waals surface area contributed by atoms with Crippen molar-refractivity contribution in [3.63, 3.8) is 0 Å². The number of carbonyl (C=O) groups is 1. The molecule has 0 aliphatic heterocycles. The summed E-state index contributed by atoms with van der Waals surface area (Å²) in [6, 6.07) is 3.28. The number of nitrogens with zero attached hydrogens (tertiary/aromatic N) is 2. The number of hydrogen-bond acceptors (Lipinski definition) is 3. The minimum atomic E-state index is -1.15. The summed E-state index contributed by atoms with van der Waals surface area (Å²) in [7, 11) is 0. The molecule has 1 heterocycles. The van der Waals surface area contributed by atoms with Gasteiger partial charge in [0.25, 0.3) is 0 Å². The van der Waals surface area contributed by atoms with E-state index in [9.17, 15) is 4.79 Å². The first-order valence-corrected chi connectivity index (χ1v) is 3.74. The molecule has 5 heteroatoms. The van der Waals surface area contributed by atoms with E-state index in [1.54, 1.807) is 0 Å². The van der Waals surface area contributed by atoms with Gasteiger partial charge in [0, 0.05) is 6.20 Å². The van der Waals surface area contributed by atoms with Crippen LogP contribution in [-0.2, 0) is 0 Å². The molecule has 0 atom stereocenters. The Morgan fingerprint density at radius 1 is 1.75 bits per heavy atom. The largest absolute Gasteiger partial charge is 0.476 e. The zero-order valence-corrected chi connectivity index (χ0v) is 7.37. The summed E-state index contributed by atoms with van der Waals surface area (Å²) in [6.45, 7) is 0. The van der Waals surface area contributed by atoms with E-state index in [-0.39, 0.29) is 15.7 Å². The highest BCUT2D eigenvalue weighted by atomic mass is 79.9. The second-order valence-electron chi connectivity index (χ2n) is 1.94. The molecule has 1 aromatic rings. The van der Waals surface area contributed by atoms with Crippen LogP contribution >= 0.6 is 15.9 Å². The van der Waals surface area contributed by atoms with Gasteiger partial charge in [-0.25, -0.2) is 9.78 Å². The molecular formula is C7H3BrN2O2. The van der Waals surface area contributed by atoms with Gasteiger partial charge in [-0.3, -0.25) is 0 Å². The standard InChI is InChI=1S/C7H3BrN2O2/c8-5-4(3-9)1-2-10-6(5)7(11)12/h1-2H,(H,11,12). The van der Waals surface area contributed by atoms with E-state index in [1.807, 2.05) is 6.07 Å². The molecule has 0 saturated heterocycles. The van der Waals surface area contributed by atoms with Crippen LogP contribution in [0.2, 0.25) is 0 Å². The molecule has 0 bridgehead atoms. The fourth-order valence-corrected chi connectivity index (χ4v) is 1.17. The summed E-state index contributed by atoms with van der Waals surface area (Å²) < 4.78 is 0.222. The summed E-state index contributed by atoms with van der Waals surface area (Å²) in [4.78, 5) is 14.1. The van der Waals surface area contributed by atoms with E-state index < -0.39 is 5.97 Å². The van der Waals surface area contributed by atoms with Gasteiger partial charge in [-0.2, -0.15) is 5.26 Å². The zero-order chi connectivity index (χ0) is 9.14. The number of nitriles is 1. The molecule has 0 aromatic carbocycles. The summed E-state index contributed by atoms with van der Waals surface area (Å²) >= 11 is 2.98. The van der Waals surface area contributed by atoms with E-state index in [2.05, 4.69) is 20.9 Å². The number of halogens is 1. The van der Waals surface area contributed by atoms with Gasteiger partial charge in [0.2, 0.25) is 0 Å². The van der Waals surface area contributed by atoms with Crippen molar-refractivity contribution in [3.05, 3.63) is 28.0 Å². The average molecular weight is 227 g/mol. The Morgan fingerprint density at radius 2 is 2.42 bits per heavy atom. The van der Waals surface area contributed by atoms with Crippen LogP contribution in [0.1, 0.15) is 16.1 Å². The van der Waals surface area contributed by atoms with E-state index >= 15 is 0 Å². The molecular weight excluding hydrogens is 224 g/mol. The van der Waals surface area contributed by atoms with E-state index in [0.29, 0.717) is 0 Å². The van der Waals surface area contributed by atoms with Crippen LogP contribution in [0.15, 0.2) is 16.7 Å². The van der Waals surface area contributed by atoms with Crippen molar-refractivity contribution in [1.82, 2.24) is 4.98 Å². The topological polar surface area (TPSA) is 74.0 Å². The Balaban J connectivity index is 3.35. The maximum absolute atomic E-state index is 10.5. The Bertz CT molecular complexity index is 370. The molecule has 0 amide bonds. The number of hydrogen-bond donors (Lipinski definition) is 1. The lowest BCUT2D eigenvalue weighted by Crippen LogP contribution is -2.02. The third-order valence-corrected chi connectivity index (χ3v) is 2.01. The minimum absolute atomic E-state index is 0.144. The zero-order valence-electron chi connectivity index (χ0n) is 5.78. The predicted molar refractivity (Wildman–Crippen MR) is 43.6 cm³/mol. The number of rotatable bonds is 1. The maximum Gasteiger partial charge on any atom is 0.355 e. The highest BCUT2D eigenvalue weighted by Gasteiger charge is 2.12. The van der Waals surface area contributed by atoms with Gasteiger partial charge in [-0.15, -0.1) is 0 Å². The molecule has 1 aromatic heterocycles. The van der Waals surface area contributed by atoms with Gasteiger partial charge in [-0.05, 0) is 22.0 Å². The number of aromatic nitrogens is 1. The lowest BCUT2D eigenvalue weighted by Gasteiger charge is -1.97. The molecule has 12 heavy (non-hydrogen) atoms. The molecule has 1 rings (SSSR count). The second-order valence-corrected chi connectivity index (χ2v) is 2.73. The lowest BCUT2D eigenvalue weighted by molar-refractivity contribution is 0.0689. The van der Waals surface area contributed by atoms with Gasteiger partial charge in [0.1, 0.15) is 6.07 Å². The molecule has 0 radical (unpaired) electrons. The van der Waals surface area contributed by atoms with Crippen LogP contribution in [0.3, 0.4) is 0 Å². The van der Waals surface area contributed by atoms with E-state index in [0.717, 1.165) is 0 Å².